The largest absolute Gasteiger partial charge is 0.383 e. The lowest BCUT2D eigenvalue weighted by Gasteiger charge is -2.46. The number of hydrogen-bond donors (Lipinski definition) is 2. The van der Waals surface area contributed by atoms with Crippen molar-refractivity contribution >= 4 is 40.0 Å². The zero-order chi connectivity index (χ0) is 37.4. The molecule has 4 aromatic rings. The van der Waals surface area contributed by atoms with Gasteiger partial charge in [0, 0.05) is 55.2 Å². The van der Waals surface area contributed by atoms with Gasteiger partial charge in [0.1, 0.15) is 11.6 Å². The molecule has 53 heavy (non-hydrogen) atoms. The van der Waals surface area contributed by atoms with Gasteiger partial charge in [-0.05, 0) is 87.6 Å². The Kier molecular flexibility index (Phi) is 8.84. The maximum atomic E-state index is 14.9. The fourth-order valence-electron chi connectivity index (χ4n) is 9.00. The second kappa shape index (κ2) is 13.2. The van der Waals surface area contributed by atoms with Gasteiger partial charge in [-0.15, -0.1) is 0 Å². The predicted molar refractivity (Wildman–Crippen MR) is 203 cm³/mol. The first-order valence-corrected chi connectivity index (χ1v) is 19.2. The van der Waals surface area contributed by atoms with Gasteiger partial charge in [0.05, 0.1) is 34.8 Å². The highest BCUT2D eigenvalue weighted by atomic mass is 19.1. The van der Waals surface area contributed by atoms with Gasteiger partial charge >= 0.3 is 0 Å². The maximum absolute atomic E-state index is 14.9. The Bertz CT molecular complexity index is 2060. The van der Waals surface area contributed by atoms with Gasteiger partial charge in [-0.3, -0.25) is 19.5 Å². The van der Waals surface area contributed by atoms with E-state index in [-0.39, 0.29) is 35.5 Å². The van der Waals surface area contributed by atoms with Gasteiger partial charge in [0.15, 0.2) is 11.6 Å². The molecule has 0 unspecified atom stereocenters. The number of imidazole rings is 1. The normalized spacial score (nSPS) is 22.9. The number of aliphatic hydroxyl groups excluding tert-OH is 1. The van der Waals surface area contributed by atoms with E-state index in [4.69, 9.17) is 9.97 Å². The Balaban J connectivity index is 1.17. The number of benzene rings is 1. The number of anilines is 3. The van der Waals surface area contributed by atoms with Gasteiger partial charge in [-0.2, -0.15) is 0 Å². The highest BCUT2D eigenvalue weighted by Gasteiger charge is 2.56. The van der Waals surface area contributed by atoms with Crippen molar-refractivity contribution in [3.63, 3.8) is 0 Å². The fraction of sp³-hybridized carbons (Fsp3) is 0.537. The van der Waals surface area contributed by atoms with Gasteiger partial charge < -0.3 is 24.8 Å². The highest BCUT2D eigenvalue weighted by molar-refractivity contribution is 6.09. The van der Waals surface area contributed by atoms with E-state index in [0.717, 1.165) is 53.8 Å². The molecule has 280 valence electrons. The summed E-state index contributed by atoms with van der Waals surface area (Å²) in [6.07, 6.45) is 7.49. The van der Waals surface area contributed by atoms with Crippen LogP contribution in [0.3, 0.4) is 0 Å². The molecule has 0 radical (unpaired) electrons. The standard InChI is InChI=1S/C41H51FN8O3/c1-24(2)36(51)38(52)47-15-11-41(12-16-47)29-8-7-26(17-34(29)50(39(41)53)28-18-27(19-28)48-14-10-40(5,6)22-48)32-20-33-35(49(23-44-33)25(3)4)37(46-32)45-31-9-13-43-21-30(31)42/h7-9,13,17,20-21,23-25,27-28,36,51H,10-12,14-16,18-19,22H2,1-6H3,(H,43,45,46)/t27-,28+,36-/m0/s1. The van der Waals surface area contributed by atoms with Crippen LogP contribution in [0, 0.1) is 17.2 Å². The number of likely N-dealkylation sites (tertiary alicyclic amines) is 2. The van der Waals surface area contributed by atoms with E-state index in [9.17, 15) is 19.1 Å². The molecule has 3 aromatic heterocycles. The van der Waals surface area contributed by atoms with Crippen molar-refractivity contribution in [2.24, 2.45) is 11.3 Å². The minimum Gasteiger partial charge on any atom is -0.383 e. The summed E-state index contributed by atoms with van der Waals surface area (Å²) in [6, 6.07) is 10.4. The molecule has 4 aliphatic rings. The van der Waals surface area contributed by atoms with Crippen LogP contribution in [0.5, 0.6) is 0 Å². The lowest BCUT2D eigenvalue weighted by atomic mass is 9.73. The zero-order valence-electron chi connectivity index (χ0n) is 31.6. The first-order chi connectivity index (χ1) is 25.3. The number of pyridine rings is 2. The lowest BCUT2D eigenvalue weighted by Crippen LogP contribution is -2.58. The summed E-state index contributed by atoms with van der Waals surface area (Å²) in [5, 5.41) is 13.8. The third-order valence-corrected chi connectivity index (χ3v) is 12.3. The van der Waals surface area contributed by atoms with E-state index in [1.165, 1.54) is 18.8 Å². The number of fused-ring (bicyclic) bond motifs is 3. The topological polar surface area (TPSA) is 120 Å². The van der Waals surface area contributed by atoms with Crippen LogP contribution in [-0.2, 0) is 15.0 Å². The van der Waals surface area contributed by atoms with Crippen LogP contribution in [0.25, 0.3) is 22.3 Å². The molecule has 6 heterocycles. The molecule has 2 N–H and O–H groups in total. The van der Waals surface area contributed by atoms with E-state index in [0.29, 0.717) is 48.9 Å². The summed E-state index contributed by atoms with van der Waals surface area (Å²) in [5.41, 5.74) is 4.73. The smallest absolute Gasteiger partial charge is 0.251 e. The third-order valence-electron chi connectivity index (χ3n) is 12.3. The van der Waals surface area contributed by atoms with Gasteiger partial charge in [0.2, 0.25) is 5.91 Å². The van der Waals surface area contributed by atoms with Crippen molar-refractivity contribution in [1.29, 1.82) is 0 Å². The van der Waals surface area contributed by atoms with Crippen molar-refractivity contribution in [2.45, 2.75) is 103 Å². The predicted octanol–water partition coefficient (Wildman–Crippen LogP) is 6.44. The minimum absolute atomic E-state index is 0.0797. The van der Waals surface area contributed by atoms with E-state index < -0.39 is 17.3 Å². The van der Waals surface area contributed by atoms with Crippen LogP contribution in [0.15, 0.2) is 49.1 Å². The van der Waals surface area contributed by atoms with Gasteiger partial charge in [-0.25, -0.2) is 14.4 Å². The van der Waals surface area contributed by atoms with E-state index in [1.807, 2.05) is 30.5 Å². The van der Waals surface area contributed by atoms with E-state index in [2.05, 4.69) is 59.9 Å². The van der Waals surface area contributed by atoms with Crippen LogP contribution in [0.2, 0.25) is 0 Å². The monoisotopic (exact) mass is 722 g/mol. The molecular weight excluding hydrogens is 672 g/mol. The van der Waals surface area contributed by atoms with Crippen LogP contribution in [-0.4, -0.2) is 90.6 Å². The number of nitrogens with one attached hydrogen (secondary N) is 1. The first-order valence-electron chi connectivity index (χ1n) is 19.2. The molecular formula is C41H51FN8O3. The quantitative estimate of drug-likeness (QED) is 0.213. The molecule has 0 bridgehead atoms. The molecule has 1 atom stereocenters. The average molecular weight is 723 g/mol. The third kappa shape index (κ3) is 6.07. The summed E-state index contributed by atoms with van der Waals surface area (Å²) in [7, 11) is 0. The van der Waals surface area contributed by atoms with Crippen molar-refractivity contribution < 1.29 is 19.1 Å². The summed E-state index contributed by atoms with van der Waals surface area (Å²) in [5.74, 6) is -0.334. The number of hydrogen-bond acceptors (Lipinski definition) is 8. The summed E-state index contributed by atoms with van der Waals surface area (Å²) >= 11 is 0. The van der Waals surface area contributed by atoms with Crippen molar-refractivity contribution in [3.05, 3.63) is 60.4 Å². The Labute approximate surface area is 310 Å². The molecule has 1 spiro atoms. The molecule has 3 fully saturated rings. The summed E-state index contributed by atoms with van der Waals surface area (Å²) in [4.78, 5) is 48.1. The SMILES string of the molecule is CC(C)[C@H](O)C(=O)N1CCC2(CC1)C(=O)N([C@H]1C[C@@H](N3CCC(C)(C)C3)C1)c1cc(-c3cc4ncn(C(C)C)c4c(Nc4ccncc4F)n3)ccc12. The number of aliphatic hydroxyl groups is 1. The molecule has 12 heteroatoms. The molecule has 2 amide bonds. The number of piperidine rings is 1. The first kappa shape index (κ1) is 35.6. The maximum Gasteiger partial charge on any atom is 0.251 e. The Hall–Kier alpha value is -4.42. The molecule has 1 aromatic carbocycles. The van der Waals surface area contributed by atoms with Gasteiger partial charge in [0.25, 0.3) is 5.91 Å². The number of carbonyl (C=O) groups excluding carboxylic acids is 2. The van der Waals surface area contributed by atoms with Crippen LogP contribution < -0.4 is 10.2 Å². The van der Waals surface area contributed by atoms with E-state index >= 15 is 0 Å². The second-order valence-corrected chi connectivity index (χ2v) is 17.1. The highest BCUT2D eigenvalue weighted by Crippen LogP contribution is 2.52. The van der Waals surface area contributed by atoms with Crippen molar-refractivity contribution in [2.75, 3.05) is 36.4 Å². The molecule has 1 aliphatic carbocycles. The average Bonchev–Trinajstić information content (AvgIpc) is 3.77. The van der Waals surface area contributed by atoms with Crippen LogP contribution in [0.1, 0.15) is 85.3 Å². The molecule has 8 rings (SSSR count). The number of halogens is 1. The summed E-state index contributed by atoms with van der Waals surface area (Å²) in [6.45, 7) is 15.5. The van der Waals surface area contributed by atoms with Crippen LogP contribution in [0.4, 0.5) is 21.6 Å². The van der Waals surface area contributed by atoms with Crippen molar-refractivity contribution in [1.82, 2.24) is 29.3 Å². The number of aromatic nitrogens is 4. The number of carbonyl (C=O) groups is 2. The molecule has 11 nitrogen and oxygen atoms in total. The molecule has 1 saturated carbocycles. The lowest BCUT2D eigenvalue weighted by molar-refractivity contribution is -0.145. The minimum atomic E-state index is -1.05. The number of nitrogens with zero attached hydrogens (tertiary/aromatic N) is 7. The van der Waals surface area contributed by atoms with Gasteiger partial charge in [-0.1, -0.05) is 39.8 Å². The van der Waals surface area contributed by atoms with Crippen molar-refractivity contribution in [3.8, 4) is 11.3 Å². The van der Waals surface area contributed by atoms with E-state index in [1.54, 1.807) is 17.3 Å². The Morgan fingerprint density at radius 1 is 1.02 bits per heavy atom. The fourth-order valence-corrected chi connectivity index (χ4v) is 9.00. The summed E-state index contributed by atoms with van der Waals surface area (Å²) < 4.78 is 16.9. The Morgan fingerprint density at radius 3 is 2.43 bits per heavy atom. The van der Waals surface area contributed by atoms with Crippen LogP contribution >= 0.6 is 0 Å². The molecule has 2 saturated heterocycles. The molecule has 3 aliphatic heterocycles. The number of rotatable bonds is 8. The number of amides is 2. The zero-order valence-corrected chi connectivity index (χ0v) is 31.6. The Morgan fingerprint density at radius 2 is 1.77 bits per heavy atom. The second-order valence-electron chi connectivity index (χ2n) is 17.1.